The first-order valence-electron chi connectivity index (χ1n) is 9.64. The Bertz CT molecular complexity index is 1250. The van der Waals surface area contributed by atoms with Gasteiger partial charge in [-0.25, -0.2) is 0 Å². The smallest absolute Gasteiger partial charge is 0.254 e. The third-order valence-electron chi connectivity index (χ3n) is 5.54. The summed E-state index contributed by atoms with van der Waals surface area (Å²) in [5.41, 5.74) is 5.54. The van der Waals surface area contributed by atoms with Gasteiger partial charge in [0.15, 0.2) is 0 Å². The van der Waals surface area contributed by atoms with E-state index in [9.17, 15) is 4.79 Å². The van der Waals surface area contributed by atoms with Crippen LogP contribution in [0.25, 0.3) is 10.9 Å². The molecular weight excluding hydrogens is 358 g/mol. The van der Waals surface area contributed by atoms with Crippen molar-refractivity contribution in [1.29, 1.82) is 0 Å². The molecule has 0 radical (unpaired) electrons. The average molecular weight is 377 g/mol. The van der Waals surface area contributed by atoms with Crippen LogP contribution in [0.15, 0.2) is 72.9 Å². The van der Waals surface area contributed by atoms with E-state index < -0.39 is 0 Å². The van der Waals surface area contributed by atoms with E-state index >= 15 is 0 Å². The second-order valence-electron chi connectivity index (χ2n) is 7.19. The highest BCUT2D eigenvalue weighted by Crippen LogP contribution is 2.38. The summed E-state index contributed by atoms with van der Waals surface area (Å²) < 4.78 is 0. The van der Waals surface area contributed by atoms with Crippen LogP contribution in [0.1, 0.15) is 38.9 Å². The van der Waals surface area contributed by atoms with Crippen LogP contribution in [0.3, 0.4) is 0 Å². The fourth-order valence-electron chi connectivity index (χ4n) is 4.21. The van der Waals surface area contributed by atoms with Crippen LogP contribution in [0.4, 0.5) is 0 Å². The topological polar surface area (TPSA) is 49.0 Å². The predicted molar refractivity (Wildman–Crippen MR) is 113 cm³/mol. The summed E-state index contributed by atoms with van der Waals surface area (Å²) in [4.78, 5) is 23.5. The van der Waals surface area contributed by atoms with Crippen LogP contribution in [0, 0.1) is 12.3 Å². The minimum atomic E-state index is -0.269. The molecule has 2 aromatic heterocycles. The quantitative estimate of drug-likeness (QED) is 0.529. The van der Waals surface area contributed by atoms with Crippen molar-refractivity contribution in [2.45, 2.75) is 12.5 Å². The minimum absolute atomic E-state index is 0.0398. The molecule has 1 aliphatic rings. The Morgan fingerprint density at radius 1 is 1.10 bits per heavy atom. The lowest BCUT2D eigenvalue weighted by molar-refractivity contribution is 0.0688. The first-order chi connectivity index (χ1) is 14.3. The second-order valence-corrected chi connectivity index (χ2v) is 7.19. The van der Waals surface area contributed by atoms with Gasteiger partial charge in [-0.15, -0.1) is 6.42 Å². The zero-order valence-corrected chi connectivity index (χ0v) is 15.8. The van der Waals surface area contributed by atoms with Crippen LogP contribution < -0.4 is 0 Å². The maximum atomic E-state index is 13.5. The molecule has 4 aromatic rings. The molecule has 4 heteroatoms. The van der Waals surface area contributed by atoms with Crippen molar-refractivity contribution in [1.82, 2.24) is 14.9 Å². The summed E-state index contributed by atoms with van der Waals surface area (Å²) in [6.45, 7) is 0.620. The van der Waals surface area contributed by atoms with Crippen LogP contribution in [-0.4, -0.2) is 27.3 Å². The summed E-state index contributed by atoms with van der Waals surface area (Å²) in [6, 6.07) is 21.1. The number of aromatic nitrogens is 2. The van der Waals surface area contributed by atoms with Crippen molar-refractivity contribution < 1.29 is 4.79 Å². The van der Waals surface area contributed by atoms with Crippen molar-refractivity contribution in [2.24, 2.45) is 0 Å². The van der Waals surface area contributed by atoms with Crippen LogP contribution in [-0.2, 0) is 6.42 Å². The highest BCUT2D eigenvalue weighted by atomic mass is 16.2. The first-order valence-corrected chi connectivity index (χ1v) is 9.64. The van der Waals surface area contributed by atoms with Crippen LogP contribution >= 0.6 is 0 Å². The van der Waals surface area contributed by atoms with E-state index in [-0.39, 0.29) is 11.9 Å². The zero-order valence-electron chi connectivity index (χ0n) is 15.8. The average Bonchev–Trinajstić information content (AvgIpc) is 3.17. The highest BCUT2D eigenvalue weighted by molar-refractivity contribution is 5.96. The van der Waals surface area contributed by atoms with Gasteiger partial charge in [0.05, 0.1) is 5.69 Å². The lowest BCUT2D eigenvalue weighted by atomic mass is 9.94. The number of terminal acetylenes is 1. The molecule has 0 unspecified atom stereocenters. The van der Waals surface area contributed by atoms with Crippen molar-refractivity contribution in [2.75, 3.05) is 6.54 Å². The van der Waals surface area contributed by atoms with Gasteiger partial charge in [0.1, 0.15) is 6.04 Å². The zero-order chi connectivity index (χ0) is 19.8. The number of nitrogens with one attached hydrogen (secondary N) is 1. The molecule has 0 saturated heterocycles. The van der Waals surface area contributed by atoms with Gasteiger partial charge in [-0.2, -0.15) is 0 Å². The van der Waals surface area contributed by atoms with Crippen molar-refractivity contribution in [3.8, 4) is 12.3 Å². The molecule has 5 rings (SSSR count). The number of hydrogen-bond acceptors (Lipinski definition) is 2. The Morgan fingerprint density at radius 2 is 1.97 bits per heavy atom. The molecule has 4 nitrogen and oxygen atoms in total. The molecule has 140 valence electrons. The molecule has 0 saturated carbocycles. The monoisotopic (exact) mass is 377 g/mol. The molecule has 3 heterocycles. The highest BCUT2D eigenvalue weighted by Gasteiger charge is 2.35. The van der Waals surface area contributed by atoms with Gasteiger partial charge in [0.2, 0.25) is 0 Å². The Kier molecular flexibility index (Phi) is 4.14. The summed E-state index contributed by atoms with van der Waals surface area (Å²) in [5, 5.41) is 1.21. The molecule has 29 heavy (non-hydrogen) atoms. The largest absolute Gasteiger partial charge is 0.356 e. The van der Waals surface area contributed by atoms with Gasteiger partial charge in [-0.3, -0.25) is 9.78 Å². The molecule has 0 aliphatic carbocycles. The van der Waals surface area contributed by atoms with E-state index in [1.807, 2.05) is 47.4 Å². The number of carbonyl (C=O) groups is 1. The molecule has 1 amide bonds. The standard InChI is InChI=1S/C25H19N3O/c1-2-17-8-7-9-18(16-17)25(29)28-15-13-20-19-10-3-4-11-21(19)27-23(20)24(28)22-12-5-6-14-26-22/h1,3-12,14,16,24,27H,13,15H2/t24-/m0/s1. The van der Waals surface area contributed by atoms with E-state index in [4.69, 9.17) is 6.42 Å². The number of rotatable bonds is 2. The van der Waals surface area contributed by atoms with Crippen LogP contribution in [0.2, 0.25) is 0 Å². The van der Waals surface area contributed by atoms with Gasteiger partial charge in [0, 0.05) is 40.5 Å². The van der Waals surface area contributed by atoms with Crippen LogP contribution in [0.5, 0.6) is 0 Å². The van der Waals surface area contributed by atoms with E-state index in [1.54, 1.807) is 12.3 Å². The lowest BCUT2D eigenvalue weighted by Gasteiger charge is -2.35. The van der Waals surface area contributed by atoms with Gasteiger partial charge in [-0.05, 0) is 48.4 Å². The number of aromatic amines is 1. The molecule has 0 spiro atoms. The van der Waals surface area contributed by atoms with Gasteiger partial charge < -0.3 is 9.88 Å². The number of carbonyl (C=O) groups excluding carboxylic acids is 1. The fourth-order valence-corrected chi connectivity index (χ4v) is 4.21. The Hall–Kier alpha value is -3.84. The maximum Gasteiger partial charge on any atom is 0.254 e. The molecule has 0 bridgehead atoms. The maximum absolute atomic E-state index is 13.5. The molecule has 1 N–H and O–H groups in total. The number of pyridine rings is 1. The summed E-state index contributed by atoms with van der Waals surface area (Å²) >= 11 is 0. The minimum Gasteiger partial charge on any atom is -0.356 e. The number of nitrogens with zero attached hydrogens (tertiary/aromatic N) is 2. The summed E-state index contributed by atoms with van der Waals surface area (Å²) in [7, 11) is 0. The van der Waals surface area contributed by atoms with Gasteiger partial charge in [0.25, 0.3) is 5.91 Å². The van der Waals surface area contributed by atoms with Crippen molar-refractivity contribution in [3.63, 3.8) is 0 Å². The van der Waals surface area contributed by atoms with Crippen molar-refractivity contribution in [3.05, 3.63) is 101 Å². The van der Waals surface area contributed by atoms with E-state index in [2.05, 4.69) is 34.1 Å². The Morgan fingerprint density at radius 3 is 2.79 bits per heavy atom. The number of para-hydroxylation sites is 1. The fraction of sp³-hybridized carbons (Fsp3) is 0.120. The van der Waals surface area contributed by atoms with E-state index in [0.717, 1.165) is 23.3 Å². The third-order valence-corrected chi connectivity index (χ3v) is 5.54. The molecule has 2 aromatic carbocycles. The van der Waals surface area contributed by atoms with E-state index in [1.165, 1.54) is 10.9 Å². The van der Waals surface area contributed by atoms with Gasteiger partial charge >= 0.3 is 0 Å². The summed E-state index contributed by atoms with van der Waals surface area (Å²) in [5.74, 6) is 2.57. The first kappa shape index (κ1) is 17.3. The van der Waals surface area contributed by atoms with E-state index in [0.29, 0.717) is 17.7 Å². The molecular formula is C25H19N3O. The van der Waals surface area contributed by atoms with Gasteiger partial charge in [-0.1, -0.05) is 36.3 Å². The Labute approximate surface area is 169 Å². The number of hydrogen-bond donors (Lipinski definition) is 1. The molecule has 1 atom stereocenters. The number of H-pyrrole nitrogens is 1. The summed E-state index contributed by atoms with van der Waals surface area (Å²) in [6.07, 6.45) is 8.10. The van der Waals surface area contributed by atoms with Crippen molar-refractivity contribution >= 4 is 16.8 Å². The number of fused-ring (bicyclic) bond motifs is 3. The SMILES string of the molecule is C#Cc1cccc(C(=O)N2CCc3c([nH]c4ccccc34)[C@@H]2c2ccccn2)c1. The third kappa shape index (κ3) is 2.88. The predicted octanol–water partition coefficient (Wildman–Crippen LogP) is 4.33. The number of benzene rings is 2. The molecule has 1 aliphatic heterocycles. The number of amides is 1. The Balaban J connectivity index is 1.65. The normalized spacial score (nSPS) is 15.7. The second kappa shape index (κ2) is 6.96. The molecule has 0 fully saturated rings. The lowest BCUT2D eigenvalue weighted by Crippen LogP contribution is -2.41.